The Hall–Kier alpha value is -2.51. The van der Waals surface area contributed by atoms with Crippen LogP contribution in [0.3, 0.4) is 0 Å². The van der Waals surface area contributed by atoms with E-state index >= 15 is 0 Å². The van der Waals surface area contributed by atoms with Crippen molar-refractivity contribution in [3.05, 3.63) is 53.3 Å². The van der Waals surface area contributed by atoms with Crippen molar-refractivity contribution in [3.63, 3.8) is 0 Å². The molecule has 7 heteroatoms. The highest BCUT2D eigenvalue weighted by molar-refractivity contribution is 5.95. The maximum absolute atomic E-state index is 13.1. The Morgan fingerprint density at radius 1 is 1.19 bits per heavy atom. The van der Waals surface area contributed by atoms with Crippen LogP contribution in [0.25, 0.3) is 0 Å². The summed E-state index contributed by atoms with van der Waals surface area (Å²) in [5, 5.41) is 7.00. The van der Waals surface area contributed by atoms with E-state index in [0.717, 1.165) is 64.2 Å². The Balaban J connectivity index is 1.47. The number of benzene rings is 1. The van der Waals surface area contributed by atoms with Gasteiger partial charge in [-0.05, 0) is 38.2 Å². The number of hydrogen-bond acceptors (Lipinski definition) is 6. The van der Waals surface area contributed by atoms with Crippen molar-refractivity contribution in [2.45, 2.75) is 51.1 Å². The lowest BCUT2D eigenvalue weighted by atomic mass is 10.1. The van der Waals surface area contributed by atoms with Crippen molar-refractivity contribution in [3.8, 4) is 0 Å². The summed E-state index contributed by atoms with van der Waals surface area (Å²) in [5.74, 6) is 0.622. The van der Waals surface area contributed by atoms with E-state index < -0.39 is 0 Å². The van der Waals surface area contributed by atoms with Crippen LogP contribution in [0.5, 0.6) is 0 Å². The van der Waals surface area contributed by atoms with Crippen LogP contribution in [-0.2, 0) is 11.2 Å². The topological polar surface area (TPSA) is 79.4 Å². The smallest absolute Gasteiger partial charge is 0.257 e. The van der Waals surface area contributed by atoms with Gasteiger partial charge in [0.2, 0.25) is 5.95 Å². The first-order valence-electron chi connectivity index (χ1n) is 11.5. The largest absolute Gasteiger partial charge is 0.381 e. The Labute approximate surface area is 184 Å². The number of nitrogens with zero attached hydrogens (tertiary/aromatic N) is 3. The first-order valence-corrected chi connectivity index (χ1v) is 11.5. The minimum atomic E-state index is 0.0567. The molecule has 31 heavy (non-hydrogen) atoms. The molecular formula is C24H33N5O2. The molecule has 0 bridgehead atoms. The van der Waals surface area contributed by atoms with Crippen LogP contribution < -0.4 is 10.6 Å². The SMILES string of the molecule is C[C@@H](Nc1ncc(C(=O)N2CCCC2)c(CCNC2CCOCC2)n1)c1ccccc1. The van der Waals surface area contributed by atoms with Crippen molar-refractivity contribution < 1.29 is 9.53 Å². The van der Waals surface area contributed by atoms with Gasteiger partial charge in [0.05, 0.1) is 17.3 Å². The molecule has 4 rings (SSSR count). The van der Waals surface area contributed by atoms with Gasteiger partial charge in [-0.1, -0.05) is 30.3 Å². The number of carbonyl (C=O) groups is 1. The monoisotopic (exact) mass is 423 g/mol. The zero-order valence-corrected chi connectivity index (χ0v) is 18.3. The summed E-state index contributed by atoms with van der Waals surface area (Å²) in [6.07, 6.45) is 6.61. The highest BCUT2D eigenvalue weighted by atomic mass is 16.5. The molecule has 166 valence electrons. The lowest BCUT2D eigenvalue weighted by molar-refractivity contribution is 0.0781. The normalized spacial score (nSPS) is 18.2. The van der Waals surface area contributed by atoms with Crippen LogP contribution >= 0.6 is 0 Å². The van der Waals surface area contributed by atoms with E-state index in [1.165, 1.54) is 5.56 Å². The summed E-state index contributed by atoms with van der Waals surface area (Å²) in [6, 6.07) is 10.8. The third-order valence-corrected chi connectivity index (χ3v) is 6.15. The van der Waals surface area contributed by atoms with Gasteiger partial charge in [0, 0.05) is 51.5 Å². The van der Waals surface area contributed by atoms with Gasteiger partial charge in [0.25, 0.3) is 5.91 Å². The second-order valence-electron chi connectivity index (χ2n) is 8.42. The summed E-state index contributed by atoms with van der Waals surface area (Å²) < 4.78 is 5.44. The molecule has 1 aromatic carbocycles. The summed E-state index contributed by atoms with van der Waals surface area (Å²) >= 11 is 0. The molecule has 2 aromatic rings. The van der Waals surface area contributed by atoms with Crippen LogP contribution in [0.15, 0.2) is 36.5 Å². The second-order valence-corrected chi connectivity index (χ2v) is 8.42. The number of likely N-dealkylation sites (tertiary alicyclic amines) is 1. The van der Waals surface area contributed by atoms with Gasteiger partial charge >= 0.3 is 0 Å². The fourth-order valence-electron chi connectivity index (χ4n) is 4.26. The molecule has 2 aliphatic rings. The molecule has 0 radical (unpaired) electrons. The molecule has 0 aliphatic carbocycles. The van der Waals surface area contributed by atoms with Crippen LogP contribution in [0.1, 0.15) is 60.3 Å². The molecule has 2 aliphatic heterocycles. The number of hydrogen-bond donors (Lipinski definition) is 2. The summed E-state index contributed by atoms with van der Waals surface area (Å²) in [4.78, 5) is 24.3. The Bertz CT molecular complexity index is 848. The molecule has 2 fully saturated rings. The average molecular weight is 424 g/mol. The van der Waals surface area contributed by atoms with Crippen LogP contribution in [0.4, 0.5) is 5.95 Å². The van der Waals surface area contributed by atoms with Gasteiger partial charge in [0.15, 0.2) is 0 Å². The fraction of sp³-hybridized carbons (Fsp3) is 0.542. The van der Waals surface area contributed by atoms with E-state index in [-0.39, 0.29) is 11.9 Å². The number of nitrogens with one attached hydrogen (secondary N) is 2. The van der Waals surface area contributed by atoms with Crippen molar-refractivity contribution in [1.29, 1.82) is 0 Å². The quantitative estimate of drug-likeness (QED) is 0.679. The highest BCUT2D eigenvalue weighted by Gasteiger charge is 2.24. The van der Waals surface area contributed by atoms with Gasteiger partial charge in [-0.15, -0.1) is 0 Å². The van der Waals surface area contributed by atoms with E-state index in [4.69, 9.17) is 9.72 Å². The molecule has 3 heterocycles. The molecule has 0 saturated carbocycles. The average Bonchev–Trinajstić information content (AvgIpc) is 3.35. The zero-order valence-electron chi connectivity index (χ0n) is 18.3. The van der Waals surface area contributed by atoms with Gasteiger partial charge < -0.3 is 20.3 Å². The zero-order chi connectivity index (χ0) is 21.5. The van der Waals surface area contributed by atoms with E-state index in [1.54, 1.807) is 6.20 Å². The molecule has 0 spiro atoms. The first kappa shape index (κ1) is 21.7. The number of aromatic nitrogens is 2. The number of carbonyl (C=O) groups excluding carboxylic acids is 1. The summed E-state index contributed by atoms with van der Waals surface area (Å²) in [6.45, 7) is 6.15. The number of rotatable bonds is 8. The minimum Gasteiger partial charge on any atom is -0.381 e. The van der Waals surface area contributed by atoms with Gasteiger partial charge in [-0.25, -0.2) is 9.97 Å². The van der Waals surface area contributed by atoms with Crippen molar-refractivity contribution in [1.82, 2.24) is 20.2 Å². The standard InChI is InChI=1S/C24H33N5O2/c1-18(19-7-3-2-4-8-19)27-24-26-17-21(23(30)29-13-5-6-14-29)22(28-24)9-12-25-20-10-15-31-16-11-20/h2-4,7-8,17-18,20,25H,5-6,9-16H2,1H3,(H,26,27,28)/t18-/m1/s1. The van der Waals surface area contributed by atoms with Gasteiger partial charge in [-0.2, -0.15) is 0 Å². The molecule has 7 nitrogen and oxygen atoms in total. The van der Waals surface area contributed by atoms with Crippen LogP contribution in [0.2, 0.25) is 0 Å². The highest BCUT2D eigenvalue weighted by Crippen LogP contribution is 2.20. The van der Waals surface area contributed by atoms with E-state index in [2.05, 4.69) is 34.7 Å². The third kappa shape index (κ3) is 5.80. The van der Waals surface area contributed by atoms with E-state index in [9.17, 15) is 4.79 Å². The Morgan fingerprint density at radius 3 is 2.68 bits per heavy atom. The molecule has 0 unspecified atom stereocenters. The maximum atomic E-state index is 13.1. The molecule has 2 saturated heterocycles. The lowest BCUT2D eigenvalue weighted by Crippen LogP contribution is -2.36. The fourth-order valence-corrected chi connectivity index (χ4v) is 4.26. The third-order valence-electron chi connectivity index (χ3n) is 6.15. The molecule has 1 atom stereocenters. The lowest BCUT2D eigenvalue weighted by Gasteiger charge is -2.23. The number of amides is 1. The van der Waals surface area contributed by atoms with Crippen LogP contribution in [-0.4, -0.2) is 59.7 Å². The number of ether oxygens (including phenoxy) is 1. The van der Waals surface area contributed by atoms with E-state index in [0.29, 0.717) is 24.0 Å². The minimum absolute atomic E-state index is 0.0567. The van der Waals surface area contributed by atoms with Crippen molar-refractivity contribution >= 4 is 11.9 Å². The summed E-state index contributed by atoms with van der Waals surface area (Å²) in [7, 11) is 0. The van der Waals surface area contributed by atoms with Gasteiger partial charge in [-0.3, -0.25) is 4.79 Å². The van der Waals surface area contributed by atoms with Crippen molar-refractivity contribution in [2.24, 2.45) is 0 Å². The molecule has 1 aromatic heterocycles. The predicted octanol–water partition coefficient (Wildman–Crippen LogP) is 3.20. The second kappa shape index (κ2) is 10.7. The number of anilines is 1. The van der Waals surface area contributed by atoms with Crippen LogP contribution in [0, 0.1) is 0 Å². The Kier molecular flexibility index (Phi) is 7.48. The first-order chi connectivity index (χ1) is 15.2. The maximum Gasteiger partial charge on any atom is 0.257 e. The molecule has 1 amide bonds. The Morgan fingerprint density at radius 2 is 1.94 bits per heavy atom. The van der Waals surface area contributed by atoms with E-state index in [1.807, 2.05) is 23.1 Å². The predicted molar refractivity (Wildman–Crippen MR) is 121 cm³/mol. The van der Waals surface area contributed by atoms with Crippen molar-refractivity contribution in [2.75, 3.05) is 38.2 Å². The summed E-state index contributed by atoms with van der Waals surface area (Å²) in [5.41, 5.74) is 2.62. The van der Waals surface area contributed by atoms with Gasteiger partial charge in [0.1, 0.15) is 0 Å². The molecular weight excluding hydrogens is 390 g/mol. The molecule has 2 N–H and O–H groups in total.